The summed E-state index contributed by atoms with van der Waals surface area (Å²) in [5, 5.41) is 3.67. The van der Waals surface area contributed by atoms with Crippen LogP contribution in [0.15, 0.2) is 40.9 Å². The van der Waals surface area contributed by atoms with Crippen molar-refractivity contribution >= 4 is 38.9 Å². The lowest BCUT2D eigenvalue weighted by atomic mass is 10.1. The van der Waals surface area contributed by atoms with E-state index in [-0.39, 0.29) is 11.9 Å². The predicted molar refractivity (Wildman–Crippen MR) is 91.9 cm³/mol. The number of halogens is 3. The molecule has 0 saturated carbocycles. The Labute approximate surface area is 138 Å². The Morgan fingerprint density at radius 2 is 1.81 bits per heavy atom. The summed E-state index contributed by atoms with van der Waals surface area (Å²) >= 11 is 9.43. The molecule has 0 heterocycles. The average Bonchev–Trinajstić information content (AvgIpc) is 2.42. The van der Waals surface area contributed by atoms with Crippen molar-refractivity contribution in [3.8, 4) is 0 Å². The van der Waals surface area contributed by atoms with E-state index in [9.17, 15) is 4.39 Å². The zero-order chi connectivity index (χ0) is 15.6. The standard InChI is InChI=1S/C16H17BrClFN2/c1-10(11-4-6-13(7-5-11)21(2)3)20-16-14(17)8-12(19)9-15(16)18/h4-10,20H,1-3H3. The van der Waals surface area contributed by atoms with Crippen molar-refractivity contribution in [2.75, 3.05) is 24.3 Å². The molecule has 0 saturated heterocycles. The van der Waals surface area contributed by atoms with Crippen molar-refractivity contribution < 1.29 is 4.39 Å². The first kappa shape index (κ1) is 16.1. The van der Waals surface area contributed by atoms with Crippen LogP contribution in [-0.4, -0.2) is 14.1 Å². The summed E-state index contributed by atoms with van der Waals surface area (Å²) in [5.41, 5.74) is 2.97. The van der Waals surface area contributed by atoms with E-state index in [1.54, 1.807) is 0 Å². The Hall–Kier alpha value is -1.26. The fourth-order valence-electron chi connectivity index (χ4n) is 2.04. The van der Waals surface area contributed by atoms with Gasteiger partial charge >= 0.3 is 0 Å². The molecule has 0 spiro atoms. The van der Waals surface area contributed by atoms with Crippen LogP contribution >= 0.6 is 27.5 Å². The minimum Gasteiger partial charge on any atom is -0.378 e. The lowest BCUT2D eigenvalue weighted by Crippen LogP contribution is -2.10. The number of nitrogens with one attached hydrogen (secondary N) is 1. The maximum absolute atomic E-state index is 13.2. The fourth-order valence-corrected chi connectivity index (χ4v) is 2.96. The highest BCUT2D eigenvalue weighted by molar-refractivity contribution is 9.10. The van der Waals surface area contributed by atoms with E-state index in [1.165, 1.54) is 12.1 Å². The van der Waals surface area contributed by atoms with E-state index in [2.05, 4.69) is 50.4 Å². The van der Waals surface area contributed by atoms with Crippen molar-refractivity contribution in [3.63, 3.8) is 0 Å². The smallest absolute Gasteiger partial charge is 0.125 e. The molecule has 2 nitrogen and oxygen atoms in total. The molecule has 1 unspecified atom stereocenters. The normalized spacial score (nSPS) is 12.1. The number of rotatable bonds is 4. The Morgan fingerprint density at radius 3 is 2.33 bits per heavy atom. The Morgan fingerprint density at radius 1 is 1.19 bits per heavy atom. The second kappa shape index (κ2) is 6.67. The molecule has 5 heteroatoms. The van der Waals surface area contributed by atoms with Crippen LogP contribution < -0.4 is 10.2 Å². The van der Waals surface area contributed by atoms with Crippen LogP contribution in [0.2, 0.25) is 5.02 Å². The quantitative estimate of drug-likeness (QED) is 0.765. The molecule has 0 amide bonds. The van der Waals surface area contributed by atoms with E-state index in [0.29, 0.717) is 15.2 Å². The number of anilines is 2. The number of benzene rings is 2. The molecule has 0 aliphatic rings. The minimum absolute atomic E-state index is 0.0560. The van der Waals surface area contributed by atoms with Crippen LogP contribution in [0, 0.1) is 5.82 Å². The molecule has 112 valence electrons. The first-order chi connectivity index (χ1) is 9.88. The summed E-state index contributed by atoms with van der Waals surface area (Å²) in [7, 11) is 4.01. The van der Waals surface area contributed by atoms with Crippen LogP contribution in [0.3, 0.4) is 0 Å². The minimum atomic E-state index is -0.361. The number of nitrogens with zero attached hydrogens (tertiary/aromatic N) is 1. The van der Waals surface area contributed by atoms with Crippen molar-refractivity contribution in [2.24, 2.45) is 0 Å². The van der Waals surface area contributed by atoms with E-state index < -0.39 is 0 Å². The van der Waals surface area contributed by atoms with Crippen LogP contribution in [0.4, 0.5) is 15.8 Å². The molecular formula is C16H17BrClFN2. The topological polar surface area (TPSA) is 15.3 Å². The monoisotopic (exact) mass is 370 g/mol. The van der Waals surface area contributed by atoms with Crippen molar-refractivity contribution in [3.05, 3.63) is 57.3 Å². The third kappa shape index (κ3) is 3.89. The van der Waals surface area contributed by atoms with Crippen molar-refractivity contribution in [1.29, 1.82) is 0 Å². The van der Waals surface area contributed by atoms with Crippen LogP contribution in [0.1, 0.15) is 18.5 Å². The molecule has 2 aromatic rings. The van der Waals surface area contributed by atoms with Crippen molar-refractivity contribution in [2.45, 2.75) is 13.0 Å². The van der Waals surface area contributed by atoms with Gasteiger partial charge in [-0.3, -0.25) is 0 Å². The van der Waals surface area contributed by atoms with Gasteiger partial charge < -0.3 is 10.2 Å². The van der Waals surface area contributed by atoms with Gasteiger partial charge in [0.05, 0.1) is 10.7 Å². The molecule has 21 heavy (non-hydrogen) atoms. The van der Waals surface area contributed by atoms with Crippen LogP contribution in [0.5, 0.6) is 0 Å². The van der Waals surface area contributed by atoms with Gasteiger partial charge in [0, 0.05) is 30.3 Å². The second-order valence-electron chi connectivity index (χ2n) is 5.10. The van der Waals surface area contributed by atoms with E-state index >= 15 is 0 Å². The SMILES string of the molecule is CC(Nc1c(Cl)cc(F)cc1Br)c1ccc(N(C)C)cc1. The zero-order valence-corrected chi connectivity index (χ0v) is 14.5. The molecule has 0 bridgehead atoms. The van der Waals surface area contributed by atoms with Gasteiger partial charge in [-0.05, 0) is 52.7 Å². The Balaban J connectivity index is 2.20. The maximum Gasteiger partial charge on any atom is 0.125 e. The summed E-state index contributed by atoms with van der Waals surface area (Å²) in [6.07, 6.45) is 0. The lowest BCUT2D eigenvalue weighted by Gasteiger charge is -2.19. The van der Waals surface area contributed by atoms with Crippen LogP contribution in [-0.2, 0) is 0 Å². The van der Waals surface area contributed by atoms with Crippen molar-refractivity contribution in [1.82, 2.24) is 0 Å². The molecule has 2 rings (SSSR count). The Bertz CT molecular complexity index is 606. The molecule has 2 aromatic carbocycles. The Kier molecular flexibility index (Phi) is 5.12. The highest BCUT2D eigenvalue weighted by Gasteiger charge is 2.12. The molecule has 1 atom stereocenters. The second-order valence-corrected chi connectivity index (χ2v) is 6.36. The first-order valence-corrected chi connectivity index (χ1v) is 7.74. The third-order valence-corrected chi connectivity index (χ3v) is 4.20. The highest BCUT2D eigenvalue weighted by atomic mass is 79.9. The zero-order valence-electron chi connectivity index (χ0n) is 12.1. The maximum atomic E-state index is 13.2. The number of hydrogen-bond donors (Lipinski definition) is 1. The third-order valence-electron chi connectivity index (χ3n) is 3.28. The summed E-state index contributed by atoms with van der Waals surface area (Å²) in [5.74, 6) is -0.361. The molecule has 0 aliphatic carbocycles. The summed E-state index contributed by atoms with van der Waals surface area (Å²) < 4.78 is 13.9. The predicted octanol–water partition coefficient (Wildman–Crippen LogP) is 5.48. The molecular weight excluding hydrogens is 355 g/mol. The van der Waals surface area contributed by atoms with Crippen LogP contribution in [0.25, 0.3) is 0 Å². The lowest BCUT2D eigenvalue weighted by molar-refractivity contribution is 0.627. The molecule has 0 aliphatic heterocycles. The van der Waals surface area contributed by atoms with E-state index in [4.69, 9.17) is 11.6 Å². The van der Waals surface area contributed by atoms with Gasteiger partial charge in [0.1, 0.15) is 5.82 Å². The first-order valence-electron chi connectivity index (χ1n) is 6.57. The highest BCUT2D eigenvalue weighted by Crippen LogP contribution is 2.34. The summed E-state index contributed by atoms with van der Waals surface area (Å²) in [6, 6.07) is 11.0. The van der Waals surface area contributed by atoms with Gasteiger partial charge in [0.2, 0.25) is 0 Å². The number of hydrogen-bond acceptors (Lipinski definition) is 2. The van der Waals surface area contributed by atoms with Gasteiger partial charge in [-0.15, -0.1) is 0 Å². The molecule has 0 fully saturated rings. The summed E-state index contributed by atoms with van der Waals surface area (Å²) in [6.45, 7) is 2.04. The van der Waals surface area contributed by atoms with E-state index in [1.807, 2.05) is 21.0 Å². The van der Waals surface area contributed by atoms with Gasteiger partial charge in [0.25, 0.3) is 0 Å². The largest absolute Gasteiger partial charge is 0.378 e. The average molecular weight is 372 g/mol. The molecule has 0 radical (unpaired) electrons. The molecule has 1 N–H and O–H groups in total. The van der Waals surface area contributed by atoms with Gasteiger partial charge in [-0.25, -0.2) is 4.39 Å². The van der Waals surface area contributed by atoms with Gasteiger partial charge in [-0.1, -0.05) is 23.7 Å². The molecule has 0 aromatic heterocycles. The van der Waals surface area contributed by atoms with E-state index in [0.717, 1.165) is 11.3 Å². The fraction of sp³-hybridized carbons (Fsp3) is 0.250. The van der Waals surface area contributed by atoms with Gasteiger partial charge in [0.15, 0.2) is 0 Å². The van der Waals surface area contributed by atoms with Gasteiger partial charge in [-0.2, -0.15) is 0 Å². The summed E-state index contributed by atoms with van der Waals surface area (Å²) in [4.78, 5) is 2.05.